The second-order valence-electron chi connectivity index (χ2n) is 8.37. The molecule has 6 heteroatoms. The zero-order chi connectivity index (χ0) is 20.6. The fraction of sp³-hybridized carbons (Fsp3) is 0.542. The quantitative estimate of drug-likeness (QED) is 0.659. The number of nitrogens with zero attached hydrogens (tertiary/aromatic N) is 4. The minimum Gasteiger partial charge on any atom is -0.356 e. The minimum atomic E-state index is 0.387. The molecular weight excluding hydrogens is 372 g/mol. The van der Waals surface area contributed by atoms with Crippen LogP contribution in [0, 0.1) is 0 Å². The van der Waals surface area contributed by atoms with E-state index in [2.05, 4.69) is 51.8 Å². The van der Waals surface area contributed by atoms with Crippen molar-refractivity contribution >= 4 is 5.96 Å². The zero-order valence-electron chi connectivity index (χ0n) is 18.1. The summed E-state index contributed by atoms with van der Waals surface area (Å²) < 4.78 is 0. The predicted molar refractivity (Wildman–Crippen MR) is 121 cm³/mol. The van der Waals surface area contributed by atoms with Crippen LogP contribution in [0.2, 0.25) is 0 Å². The molecule has 2 aromatic heterocycles. The Morgan fingerprint density at radius 1 is 1.13 bits per heavy atom. The maximum atomic E-state index is 4.73. The number of aromatic nitrogens is 2. The summed E-state index contributed by atoms with van der Waals surface area (Å²) in [5.74, 6) is 0.964. The van der Waals surface area contributed by atoms with Gasteiger partial charge in [0.1, 0.15) is 0 Å². The molecule has 0 saturated heterocycles. The highest BCUT2D eigenvalue weighted by Gasteiger charge is 2.25. The number of fused-ring (bicyclic) bond motifs is 1. The van der Waals surface area contributed by atoms with Gasteiger partial charge in [-0.2, -0.15) is 0 Å². The number of hydrogen-bond acceptors (Lipinski definition) is 6. The van der Waals surface area contributed by atoms with Crippen molar-refractivity contribution in [3.05, 3.63) is 59.2 Å². The summed E-state index contributed by atoms with van der Waals surface area (Å²) in [7, 11) is 2.22. The van der Waals surface area contributed by atoms with Crippen LogP contribution in [0.25, 0.3) is 0 Å². The third-order valence-electron chi connectivity index (χ3n) is 6.14. The summed E-state index contributed by atoms with van der Waals surface area (Å²) >= 11 is 0. The Labute approximate surface area is 180 Å². The van der Waals surface area contributed by atoms with E-state index >= 15 is 0 Å². The van der Waals surface area contributed by atoms with E-state index in [1.165, 1.54) is 35.4 Å². The molecule has 2 aromatic rings. The van der Waals surface area contributed by atoms with E-state index in [0.717, 1.165) is 64.2 Å². The minimum absolute atomic E-state index is 0.387. The first kappa shape index (κ1) is 20.8. The van der Waals surface area contributed by atoms with E-state index in [1.54, 1.807) is 0 Å². The lowest BCUT2D eigenvalue weighted by molar-refractivity contribution is 0.205. The van der Waals surface area contributed by atoms with Gasteiger partial charge >= 0.3 is 0 Å². The molecule has 0 amide bonds. The second kappa shape index (κ2) is 10.5. The molecule has 0 saturated carbocycles. The molecule has 30 heavy (non-hydrogen) atoms. The Hall–Kier alpha value is -2.47. The molecule has 0 bridgehead atoms. The molecule has 1 unspecified atom stereocenters. The summed E-state index contributed by atoms with van der Waals surface area (Å²) in [6, 6.07) is 8.98. The van der Waals surface area contributed by atoms with Crippen molar-refractivity contribution < 1.29 is 0 Å². The topological polar surface area (TPSA) is 65.4 Å². The molecule has 2 aliphatic rings. The first-order valence-electron chi connectivity index (χ1n) is 11.4. The summed E-state index contributed by atoms with van der Waals surface area (Å²) in [6.07, 6.45) is 11.9. The maximum Gasteiger partial charge on any atom is 0.191 e. The number of pyridine rings is 2. The average Bonchev–Trinajstić information content (AvgIpc) is 2.80. The smallest absolute Gasteiger partial charge is 0.191 e. The Balaban J connectivity index is 1.30. The molecule has 0 fully saturated rings. The van der Waals surface area contributed by atoms with Gasteiger partial charge in [-0.3, -0.25) is 19.9 Å². The van der Waals surface area contributed by atoms with Crippen molar-refractivity contribution in [2.24, 2.45) is 4.99 Å². The van der Waals surface area contributed by atoms with Gasteiger partial charge in [-0.15, -0.1) is 0 Å². The van der Waals surface area contributed by atoms with Gasteiger partial charge in [-0.1, -0.05) is 12.1 Å². The largest absolute Gasteiger partial charge is 0.356 e. The van der Waals surface area contributed by atoms with Crippen molar-refractivity contribution in [2.45, 2.75) is 57.5 Å². The third-order valence-corrected chi connectivity index (χ3v) is 6.14. The third kappa shape index (κ3) is 5.36. The number of nitrogens with one attached hydrogen (secondary N) is 2. The van der Waals surface area contributed by atoms with Gasteiger partial charge in [0.15, 0.2) is 5.96 Å². The van der Waals surface area contributed by atoms with E-state index in [1.807, 2.05) is 12.4 Å². The average molecular weight is 407 g/mol. The van der Waals surface area contributed by atoms with E-state index < -0.39 is 0 Å². The molecular formula is C24H34N6. The van der Waals surface area contributed by atoms with Crippen LogP contribution in [0.3, 0.4) is 0 Å². The molecule has 6 nitrogen and oxygen atoms in total. The Bertz CT molecular complexity index is 849. The number of unbranched alkanes of at least 4 members (excludes halogenated alkanes) is 1. The first-order valence-corrected chi connectivity index (χ1v) is 11.4. The molecule has 0 aromatic carbocycles. The van der Waals surface area contributed by atoms with E-state index in [4.69, 9.17) is 9.97 Å². The highest BCUT2D eigenvalue weighted by molar-refractivity contribution is 5.80. The zero-order valence-corrected chi connectivity index (χ0v) is 18.1. The van der Waals surface area contributed by atoms with Crippen LogP contribution in [0.1, 0.15) is 60.7 Å². The molecule has 160 valence electrons. The van der Waals surface area contributed by atoms with Gasteiger partial charge in [0, 0.05) is 38.6 Å². The lowest BCUT2D eigenvalue weighted by Crippen LogP contribution is -2.41. The Morgan fingerprint density at radius 3 is 2.93 bits per heavy atom. The molecule has 0 spiro atoms. The number of hydrogen-bond donors (Lipinski definition) is 2. The second-order valence-corrected chi connectivity index (χ2v) is 8.37. The number of rotatable bonds is 8. The fourth-order valence-electron chi connectivity index (χ4n) is 4.50. The molecule has 4 rings (SSSR count). The summed E-state index contributed by atoms with van der Waals surface area (Å²) in [5.41, 5.74) is 5.24. The van der Waals surface area contributed by atoms with Gasteiger partial charge in [0.25, 0.3) is 0 Å². The Kier molecular flexibility index (Phi) is 7.29. The van der Waals surface area contributed by atoms with Crippen LogP contribution in [-0.4, -0.2) is 47.5 Å². The highest BCUT2D eigenvalue weighted by atomic mass is 15.2. The van der Waals surface area contributed by atoms with Crippen molar-refractivity contribution in [1.29, 1.82) is 0 Å². The van der Waals surface area contributed by atoms with Crippen LogP contribution in [-0.2, 0) is 19.4 Å². The number of guanidine groups is 1. The first-order chi connectivity index (χ1) is 14.8. The van der Waals surface area contributed by atoms with Crippen LogP contribution in [0.15, 0.2) is 41.7 Å². The number of aliphatic imine (C=N–C) groups is 1. The molecule has 1 aliphatic carbocycles. The molecule has 0 radical (unpaired) electrons. The summed E-state index contributed by atoms with van der Waals surface area (Å²) in [4.78, 5) is 16.3. The molecule has 1 atom stereocenters. The van der Waals surface area contributed by atoms with Crippen molar-refractivity contribution in [3.63, 3.8) is 0 Å². The van der Waals surface area contributed by atoms with Gasteiger partial charge in [-0.25, -0.2) is 0 Å². The molecule has 3 heterocycles. The van der Waals surface area contributed by atoms with Crippen molar-refractivity contribution in [2.75, 3.05) is 26.7 Å². The molecule has 1 aliphatic heterocycles. The van der Waals surface area contributed by atoms with Crippen LogP contribution < -0.4 is 10.6 Å². The summed E-state index contributed by atoms with van der Waals surface area (Å²) in [6.45, 7) is 3.80. The van der Waals surface area contributed by atoms with Gasteiger partial charge < -0.3 is 10.6 Å². The lowest BCUT2D eigenvalue weighted by Gasteiger charge is -2.32. The van der Waals surface area contributed by atoms with Crippen LogP contribution >= 0.6 is 0 Å². The summed E-state index contributed by atoms with van der Waals surface area (Å²) in [5, 5.41) is 6.73. The van der Waals surface area contributed by atoms with Crippen LogP contribution in [0.4, 0.5) is 0 Å². The van der Waals surface area contributed by atoms with Crippen molar-refractivity contribution in [3.8, 4) is 0 Å². The fourth-order valence-corrected chi connectivity index (χ4v) is 4.50. The van der Waals surface area contributed by atoms with Gasteiger partial charge in [-0.05, 0) is 75.3 Å². The van der Waals surface area contributed by atoms with Gasteiger partial charge in [0.05, 0.1) is 17.4 Å². The van der Waals surface area contributed by atoms with Crippen LogP contribution in [0.5, 0.6) is 0 Å². The van der Waals surface area contributed by atoms with E-state index in [9.17, 15) is 0 Å². The predicted octanol–water partition coefficient (Wildman–Crippen LogP) is 3.25. The molecule has 2 N–H and O–H groups in total. The standard InChI is InChI=1S/C24H34N6/c1-30(22-12-4-9-20-11-6-15-26-23(20)22)18-21-19(10-5-14-25-21)8-2-3-13-27-24-28-16-7-17-29-24/h5-6,10-11,14-15,22H,2-4,7-9,12-13,16-18H2,1H3,(H2,27,28,29). The van der Waals surface area contributed by atoms with E-state index in [0.29, 0.717) is 6.04 Å². The monoisotopic (exact) mass is 406 g/mol. The lowest BCUT2D eigenvalue weighted by atomic mass is 9.91. The Morgan fingerprint density at radius 2 is 2.03 bits per heavy atom. The SMILES string of the molecule is CN(Cc1ncccc1CCCCNC1=NCCCN1)C1CCCc2cccnc21. The van der Waals surface area contributed by atoms with E-state index in [-0.39, 0.29) is 0 Å². The van der Waals surface area contributed by atoms with Crippen molar-refractivity contribution in [1.82, 2.24) is 25.5 Å². The highest BCUT2D eigenvalue weighted by Crippen LogP contribution is 2.32. The van der Waals surface area contributed by atoms with Gasteiger partial charge in [0.2, 0.25) is 0 Å². The number of aryl methyl sites for hydroxylation is 2. The normalized spacial score (nSPS) is 18.5. The maximum absolute atomic E-state index is 4.73.